The van der Waals surface area contributed by atoms with Crippen LogP contribution in [0.25, 0.3) is 5.95 Å². The predicted molar refractivity (Wildman–Crippen MR) is 76.3 cm³/mol. The molecule has 106 valence electrons. The van der Waals surface area contributed by atoms with Crippen molar-refractivity contribution in [1.82, 2.24) is 29.6 Å². The molecule has 0 N–H and O–H groups in total. The van der Waals surface area contributed by atoms with Gasteiger partial charge in [0.1, 0.15) is 0 Å². The van der Waals surface area contributed by atoms with Gasteiger partial charge in [-0.3, -0.25) is 0 Å². The van der Waals surface area contributed by atoms with E-state index in [9.17, 15) is 0 Å². The number of aromatic nitrogens is 5. The molecule has 20 heavy (non-hydrogen) atoms. The van der Waals surface area contributed by atoms with E-state index in [1.165, 1.54) is 0 Å². The van der Waals surface area contributed by atoms with E-state index in [0.717, 1.165) is 19.6 Å². The van der Waals surface area contributed by atoms with E-state index in [1.807, 2.05) is 6.07 Å². The summed E-state index contributed by atoms with van der Waals surface area (Å²) in [5, 5.41) is 4.31. The second-order valence-electron chi connectivity index (χ2n) is 4.93. The maximum absolute atomic E-state index is 6.01. The van der Waals surface area contributed by atoms with Crippen molar-refractivity contribution < 1.29 is 0 Å². The van der Waals surface area contributed by atoms with Crippen LogP contribution in [-0.2, 0) is 0 Å². The zero-order valence-electron chi connectivity index (χ0n) is 11.4. The lowest BCUT2D eigenvalue weighted by molar-refractivity contribution is 0.232. The molecule has 3 heterocycles. The largest absolute Gasteiger partial charge is 0.338 e. The van der Waals surface area contributed by atoms with E-state index < -0.39 is 0 Å². The van der Waals surface area contributed by atoms with Crippen LogP contribution in [0.1, 0.15) is 6.92 Å². The third kappa shape index (κ3) is 2.59. The summed E-state index contributed by atoms with van der Waals surface area (Å²) < 4.78 is 1.58. The monoisotopic (exact) mass is 293 g/mol. The number of hydrogen-bond donors (Lipinski definition) is 0. The van der Waals surface area contributed by atoms with Crippen LogP contribution in [0.5, 0.6) is 0 Å². The Morgan fingerprint density at radius 2 is 2.00 bits per heavy atom. The molecule has 2 aromatic heterocycles. The molecule has 0 bridgehead atoms. The van der Waals surface area contributed by atoms with Gasteiger partial charge >= 0.3 is 0 Å². The van der Waals surface area contributed by atoms with Crippen LogP contribution in [0.15, 0.2) is 18.5 Å². The first kappa shape index (κ1) is 13.3. The smallest absolute Gasteiger partial charge is 0.256 e. The van der Waals surface area contributed by atoms with E-state index in [2.05, 4.69) is 43.8 Å². The minimum Gasteiger partial charge on any atom is -0.338 e. The number of rotatable bonds is 2. The molecule has 1 aliphatic heterocycles. The first-order valence-electron chi connectivity index (χ1n) is 6.50. The molecule has 7 nitrogen and oxygen atoms in total. The maximum atomic E-state index is 6.01. The second-order valence-corrected chi connectivity index (χ2v) is 5.27. The average Bonchev–Trinajstić information content (AvgIpc) is 2.95. The van der Waals surface area contributed by atoms with Crippen molar-refractivity contribution >= 4 is 17.5 Å². The zero-order valence-corrected chi connectivity index (χ0v) is 12.2. The Hall–Kier alpha value is -1.73. The fraction of sp³-hybridized carbons (Fsp3) is 0.500. The highest BCUT2D eigenvalue weighted by Gasteiger charge is 2.23. The summed E-state index contributed by atoms with van der Waals surface area (Å²) in [4.78, 5) is 17.3. The van der Waals surface area contributed by atoms with Crippen molar-refractivity contribution in [2.45, 2.75) is 13.0 Å². The highest BCUT2D eigenvalue weighted by Crippen LogP contribution is 2.17. The number of hydrogen-bond acceptors (Lipinski definition) is 6. The van der Waals surface area contributed by atoms with Crippen molar-refractivity contribution in [3.05, 3.63) is 23.7 Å². The normalized spacial score (nSPS) is 20.4. The van der Waals surface area contributed by atoms with Crippen molar-refractivity contribution in [2.75, 3.05) is 31.6 Å². The van der Waals surface area contributed by atoms with Gasteiger partial charge in [-0.25, -0.2) is 4.68 Å². The molecule has 3 rings (SSSR count). The van der Waals surface area contributed by atoms with Crippen LogP contribution in [0, 0.1) is 0 Å². The van der Waals surface area contributed by atoms with Crippen molar-refractivity contribution in [2.24, 2.45) is 0 Å². The molecule has 8 heteroatoms. The Kier molecular flexibility index (Phi) is 3.54. The summed E-state index contributed by atoms with van der Waals surface area (Å²) in [5.41, 5.74) is 0. The summed E-state index contributed by atoms with van der Waals surface area (Å²) in [6.07, 6.45) is 3.46. The van der Waals surface area contributed by atoms with Crippen LogP contribution >= 0.6 is 11.6 Å². The lowest BCUT2D eigenvalue weighted by Crippen LogP contribution is -2.50. The van der Waals surface area contributed by atoms with Gasteiger partial charge in [-0.05, 0) is 31.6 Å². The molecule has 0 aromatic carbocycles. The molecule has 1 aliphatic rings. The molecule has 1 fully saturated rings. The van der Waals surface area contributed by atoms with Gasteiger partial charge in [-0.15, -0.1) is 0 Å². The van der Waals surface area contributed by atoms with E-state index in [-0.39, 0.29) is 5.28 Å². The number of piperazine rings is 1. The SMILES string of the molecule is CC1CN(c2nc(Cl)nc(-n3cccn3)n2)CCN1C. The highest BCUT2D eigenvalue weighted by atomic mass is 35.5. The van der Waals surface area contributed by atoms with Gasteiger partial charge in [-0.1, -0.05) is 0 Å². The first-order chi connectivity index (χ1) is 9.63. The Balaban J connectivity index is 1.90. The molecule has 0 saturated carbocycles. The number of halogens is 1. The summed E-state index contributed by atoms with van der Waals surface area (Å²) in [5.74, 6) is 1.05. The van der Waals surface area contributed by atoms with Gasteiger partial charge in [0, 0.05) is 38.1 Å². The third-order valence-corrected chi connectivity index (χ3v) is 3.71. The molecule has 0 aliphatic carbocycles. The Morgan fingerprint density at radius 1 is 1.20 bits per heavy atom. The van der Waals surface area contributed by atoms with Crippen LogP contribution in [0.3, 0.4) is 0 Å². The van der Waals surface area contributed by atoms with E-state index in [1.54, 1.807) is 17.1 Å². The van der Waals surface area contributed by atoms with Gasteiger partial charge in [0.15, 0.2) is 0 Å². The van der Waals surface area contributed by atoms with Crippen LogP contribution < -0.4 is 4.90 Å². The molecule has 0 amide bonds. The standard InChI is InChI=1S/C12H16ClN7/c1-9-8-19(7-6-18(9)2)11-15-10(13)16-12(17-11)20-5-3-4-14-20/h3-5,9H,6-8H2,1-2H3. The third-order valence-electron chi connectivity index (χ3n) is 3.54. The van der Waals surface area contributed by atoms with Crippen LogP contribution in [0.4, 0.5) is 5.95 Å². The van der Waals surface area contributed by atoms with E-state index in [4.69, 9.17) is 11.6 Å². The van der Waals surface area contributed by atoms with Crippen molar-refractivity contribution in [3.63, 3.8) is 0 Å². The molecule has 1 saturated heterocycles. The Bertz CT molecular complexity index is 585. The van der Waals surface area contributed by atoms with Gasteiger partial charge in [0.2, 0.25) is 11.2 Å². The molecule has 2 aromatic rings. The lowest BCUT2D eigenvalue weighted by atomic mass is 10.2. The molecule has 1 atom stereocenters. The maximum Gasteiger partial charge on any atom is 0.256 e. The predicted octanol–water partition coefficient (Wildman–Crippen LogP) is 0.851. The number of nitrogens with zero attached hydrogens (tertiary/aromatic N) is 7. The topological polar surface area (TPSA) is 63.0 Å². The Labute approximate surface area is 122 Å². The summed E-state index contributed by atoms with van der Waals surface area (Å²) in [6.45, 7) is 4.90. The van der Waals surface area contributed by atoms with E-state index in [0.29, 0.717) is 17.9 Å². The second kappa shape index (κ2) is 5.34. The zero-order chi connectivity index (χ0) is 14.1. The molecular weight excluding hydrogens is 278 g/mol. The summed E-state index contributed by atoms with van der Waals surface area (Å²) in [7, 11) is 2.12. The summed E-state index contributed by atoms with van der Waals surface area (Å²) in [6, 6.07) is 2.27. The molecule has 0 spiro atoms. The fourth-order valence-corrected chi connectivity index (χ4v) is 2.34. The molecule has 1 unspecified atom stereocenters. The highest BCUT2D eigenvalue weighted by molar-refractivity contribution is 6.28. The minimum atomic E-state index is 0.187. The van der Waals surface area contributed by atoms with E-state index >= 15 is 0 Å². The van der Waals surface area contributed by atoms with Gasteiger partial charge in [0.05, 0.1) is 0 Å². The van der Waals surface area contributed by atoms with Gasteiger partial charge in [-0.2, -0.15) is 20.1 Å². The van der Waals surface area contributed by atoms with Crippen LogP contribution in [-0.4, -0.2) is 62.4 Å². The fourth-order valence-electron chi connectivity index (χ4n) is 2.19. The van der Waals surface area contributed by atoms with Gasteiger partial charge in [0.25, 0.3) is 5.95 Å². The first-order valence-corrected chi connectivity index (χ1v) is 6.88. The van der Waals surface area contributed by atoms with Crippen molar-refractivity contribution in [1.29, 1.82) is 0 Å². The minimum absolute atomic E-state index is 0.187. The van der Waals surface area contributed by atoms with Crippen LogP contribution in [0.2, 0.25) is 5.28 Å². The number of likely N-dealkylation sites (N-methyl/N-ethyl adjacent to an activating group) is 1. The molecular formula is C12H16ClN7. The summed E-state index contributed by atoms with van der Waals surface area (Å²) >= 11 is 6.01. The Morgan fingerprint density at radius 3 is 2.70 bits per heavy atom. The van der Waals surface area contributed by atoms with Gasteiger partial charge < -0.3 is 9.80 Å². The molecule has 0 radical (unpaired) electrons. The number of anilines is 1. The quantitative estimate of drug-likeness (QED) is 0.818. The lowest BCUT2D eigenvalue weighted by Gasteiger charge is -2.37. The van der Waals surface area contributed by atoms with Crippen molar-refractivity contribution in [3.8, 4) is 5.95 Å². The average molecular weight is 294 g/mol.